The van der Waals surface area contributed by atoms with Gasteiger partial charge in [-0.1, -0.05) is 45.0 Å². The van der Waals surface area contributed by atoms with Gasteiger partial charge in [-0.15, -0.1) is 0 Å². The molecule has 0 radical (unpaired) electrons. The van der Waals surface area contributed by atoms with E-state index in [4.69, 9.17) is 9.73 Å². The number of rotatable bonds is 10. The molecule has 1 aliphatic heterocycles. The van der Waals surface area contributed by atoms with Crippen LogP contribution in [-0.2, 0) is 17.8 Å². The van der Waals surface area contributed by atoms with Crippen molar-refractivity contribution in [2.75, 3.05) is 52.9 Å². The molecule has 1 fully saturated rings. The van der Waals surface area contributed by atoms with Gasteiger partial charge in [-0.2, -0.15) is 0 Å². The van der Waals surface area contributed by atoms with Crippen molar-refractivity contribution in [2.24, 2.45) is 10.9 Å². The second-order valence-corrected chi connectivity index (χ2v) is 8.37. The molecule has 1 heterocycles. The van der Waals surface area contributed by atoms with E-state index in [-0.39, 0.29) is 6.10 Å². The summed E-state index contributed by atoms with van der Waals surface area (Å²) in [5.41, 5.74) is 2.57. The smallest absolute Gasteiger partial charge is 0.191 e. The number of guanidine groups is 1. The van der Waals surface area contributed by atoms with Crippen LogP contribution in [0.5, 0.6) is 0 Å². The molecule has 0 amide bonds. The fourth-order valence-electron chi connectivity index (χ4n) is 3.56. The first-order chi connectivity index (χ1) is 14.0. The van der Waals surface area contributed by atoms with Gasteiger partial charge in [0.2, 0.25) is 0 Å². The second-order valence-electron chi connectivity index (χ2n) is 8.37. The first kappa shape index (κ1) is 23.6. The topological polar surface area (TPSA) is 52.1 Å². The van der Waals surface area contributed by atoms with Crippen LogP contribution in [0.25, 0.3) is 0 Å². The highest BCUT2D eigenvalue weighted by molar-refractivity contribution is 5.79. The van der Waals surface area contributed by atoms with Crippen molar-refractivity contribution in [3.05, 3.63) is 35.4 Å². The Bertz CT molecular complexity index is 619. The van der Waals surface area contributed by atoms with E-state index >= 15 is 0 Å². The van der Waals surface area contributed by atoms with Crippen molar-refractivity contribution in [3.8, 4) is 0 Å². The summed E-state index contributed by atoms with van der Waals surface area (Å²) in [4.78, 5) is 9.60. The second kappa shape index (κ2) is 12.8. The van der Waals surface area contributed by atoms with Crippen LogP contribution in [0.15, 0.2) is 29.3 Å². The fraction of sp³-hybridized carbons (Fsp3) is 0.696. The SMILES string of the molecule is CCNC(=NCc1cccc(CN(C)CC)c1)NCC1CN(CC(C)C)CCO1. The summed E-state index contributed by atoms with van der Waals surface area (Å²) in [6.07, 6.45) is 0.208. The zero-order valence-electron chi connectivity index (χ0n) is 19.1. The lowest BCUT2D eigenvalue weighted by atomic mass is 10.1. The molecule has 6 nitrogen and oxygen atoms in total. The predicted octanol–water partition coefficient (Wildman–Crippen LogP) is 2.55. The average Bonchev–Trinajstić information content (AvgIpc) is 2.70. The van der Waals surface area contributed by atoms with Gasteiger partial charge in [0.05, 0.1) is 19.3 Å². The van der Waals surface area contributed by atoms with Crippen LogP contribution < -0.4 is 10.6 Å². The summed E-state index contributed by atoms with van der Waals surface area (Å²) in [6.45, 7) is 17.1. The number of hydrogen-bond acceptors (Lipinski definition) is 4. The first-order valence-corrected chi connectivity index (χ1v) is 11.1. The van der Waals surface area contributed by atoms with E-state index in [1.807, 2.05) is 0 Å². The molecule has 1 aromatic carbocycles. The van der Waals surface area contributed by atoms with E-state index in [1.165, 1.54) is 11.1 Å². The molecule has 2 N–H and O–H groups in total. The Hall–Kier alpha value is -1.63. The Morgan fingerprint density at radius 3 is 2.79 bits per heavy atom. The Kier molecular flexibility index (Phi) is 10.5. The minimum absolute atomic E-state index is 0.208. The molecule has 2 rings (SSSR count). The molecule has 29 heavy (non-hydrogen) atoms. The van der Waals surface area contributed by atoms with Crippen LogP contribution in [0.3, 0.4) is 0 Å². The highest BCUT2D eigenvalue weighted by Gasteiger charge is 2.21. The number of aliphatic imine (C=N–C) groups is 1. The van der Waals surface area contributed by atoms with Gasteiger partial charge in [-0.3, -0.25) is 4.90 Å². The summed E-state index contributed by atoms with van der Waals surface area (Å²) >= 11 is 0. The van der Waals surface area contributed by atoms with Crippen molar-refractivity contribution < 1.29 is 4.74 Å². The highest BCUT2D eigenvalue weighted by Crippen LogP contribution is 2.09. The number of morpholine rings is 1. The molecule has 0 spiro atoms. The van der Waals surface area contributed by atoms with Gasteiger partial charge in [0.1, 0.15) is 0 Å². The lowest BCUT2D eigenvalue weighted by molar-refractivity contribution is -0.0284. The molecule has 0 aliphatic carbocycles. The number of hydrogen-bond donors (Lipinski definition) is 2. The minimum Gasteiger partial charge on any atom is -0.374 e. The Labute approximate surface area is 177 Å². The van der Waals surface area contributed by atoms with Crippen molar-refractivity contribution in [3.63, 3.8) is 0 Å². The van der Waals surface area contributed by atoms with Crippen LogP contribution in [0.4, 0.5) is 0 Å². The van der Waals surface area contributed by atoms with Crippen LogP contribution >= 0.6 is 0 Å². The summed E-state index contributed by atoms with van der Waals surface area (Å²) in [5, 5.41) is 6.82. The molecular formula is C23H41N5O. The molecule has 0 saturated carbocycles. The minimum atomic E-state index is 0.208. The summed E-state index contributed by atoms with van der Waals surface area (Å²) < 4.78 is 5.95. The molecule has 1 unspecified atom stereocenters. The largest absolute Gasteiger partial charge is 0.374 e. The zero-order valence-corrected chi connectivity index (χ0v) is 19.1. The third-order valence-corrected chi connectivity index (χ3v) is 5.09. The summed E-state index contributed by atoms with van der Waals surface area (Å²) in [5.74, 6) is 1.54. The van der Waals surface area contributed by atoms with Crippen LogP contribution in [0, 0.1) is 5.92 Å². The first-order valence-electron chi connectivity index (χ1n) is 11.1. The van der Waals surface area contributed by atoms with Crippen LogP contribution in [0.1, 0.15) is 38.8 Å². The van der Waals surface area contributed by atoms with Crippen molar-refractivity contribution in [1.29, 1.82) is 0 Å². The number of nitrogens with one attached hydrogen (secondary N) is 2. The maximum Gasteiger partial charge on any atom is 0.191 e. The normalized spacial score (nSPS) is 18.4. The monoisotopic (exact) mass is 403 g/mol. The number of nitrogens with zero attached hydrogens (tertiary/aromatic N) is 3. The van der Waals surface area contributed by atoms with Gasteiger partial charge in [0.15, 0.2) is 5.96 Å². The van der Waals surface area contributed by atoms with Gasteiger partial charge < -0.3 is 20.3 Å². The van der Waals surface area contributed by atoms with E-state index < -0.39 is 0 Å². The van der Waals surface area contributed by atoms with E-state index in [0.29, 0.717) is 12.5 Å². The Balaban J connectivity index is 1.88. The average molecular weight is 404 g/mol. The van der Waals surface area contributed by atoms with Crippen molar-refractivity contribution in [2.45, 2.75) is 46.9 Å². The summed E-state index contributed by atoms with van der Waals surface area (Å²) in [6, 6.07) is 8.72. The van der Waals surface area contributed by atoms with E-state index in [0.717, 1.165) is 58.4 Å². The molecule has 1 atom stereocenters. The summed E-state index contributed by atoms with van der Waals surface area (Å²) in [7, 11) is 2.15. The van der Waals surface area contributed by atoms with Gasteiger partial charge >= 0.3 is 0 Å². The third kappa shape index (κ3) is 9.15. The lowest BCUT2D eigenvalue weighted by Crippen LogP contribution is -2.50. The Morgan fingerprint density at radius 2 is 2.07 bits per heavy atom. The molecule has 6 heteroatoms. The van der Waals surface area contributed by atoms with Crippen LogP contribution in [0.2, 0.25) is 0 Å². The van der Waals surface area contributed by atoms with E-state index in [9.17, 15) is 0 Å². The third-order valence-electron chi connectivity index (χ3n) is 5.09. The predicted molar refractivity (Wildman–Crippen MR) is 122 cm³/mol. The quantitative estimate of drug-likeness (QED) is 0.464. The maximum absolute atomic E-state index is 5.95. The van der Waals surface area contributed by atoms with Crippen LogP contribution in [-0.4, -0.2) is 74.8 Å². The highest BCUT2D eigenvalue weighted by atomic mass is 16.5. The van der Waals surface area contributed by atoms with E-state index in [2.05, 4.69) is 79.4 Å². The van der Waals surface area contributed by atoms with Gasteiger partial charge in [0.25, 0.3) is 0 Å². The fourth-order valence-corrected chi connectivity index (χ4v) is 3.56. The lowest BCUT2D eigenvalue weighted by Gasteiger charge is -2.34. The van der Waals surface area contributed by atoms with Crippen molar-refractivity contribution in [1.82, 2.24) is 20.4 Å². The molecule has 0 bridgehead atoms. The standard InChI is InChI=1S/C23H41N5O/c1-6-24-23(26-15-22-18-28(11-12-29-22)16-19(3)4)25-14-20-9-8-10-21(13-20)17-27(5)7-2/h8-10,13,19,22H,6-7,11-12,14-18H2,1-5H3,(H2,24,25,26). The molecular weight excluding hydrogens is 362 g/mol. The Morgan fingerprint density at radius 1 is 1.28 bits per heavy atom. The number of benzene rings is 1. The molecule has 164 valence electrons. The molecule has 0 aromatic heterocycles. The van der Waals surface area contributed by atoms with Gasteiger partial charge in [-0.25, -0.2) is 4.99 Å². The van der Waals surface area contributed by atoms with Gasteiger partial charge in [-0.05, 0) is 37.6 Å². The van der Waals surface area contributed by atoms with Crippen molar-refractivity contribution >= 4 is 5.96 Å². The van der Waals surface area contributed by atoms with Gasteiger partial charge in [0, 0.05) is 39.3 Å². The molecule has 1 aliphatic rings. The zero-order chi connectivity index (χ0) is 21.1. The molecule has 1 aromatic rings. The maximum atomic E-state index is 5.95. The number of ether oxygens (including phenoxy) is 1. The van der Waals surface area contributed by atoms with E-state index in [1.54, 1.807) is 0 Å². The molecule has 1 saturated heterocycles.